The molecule has 1 aromatic carbocycles. The van der Waals surface area contributed by atoms with Gasteiger partial charge in [-0.3, -0.25) is 4.98 Å². The smallest absolute Gasteiger partial charge is 0.223 e. The van der Waals surface area contributed by atoms with Crippen LogP contribution in [0.1, 0.15) is 11.3 Å². The molecule has 5 heteroatoms. The van der Waals surface area contributed by atoms with Crippen LogP contribution in [-0.2, 0) is 6.42 Å². The Labute approximate surface area is 116 Å². The number of pyridine rings is 1. The quantitative estimate of drug-likeness (QED) is 0.786. The highest BCUT2D eigenvalue weighted by Gasteiger charge is 2.07. The van der Waals surface area contributed by atoms with E-state index in [1.807, 2.05) is 24.3 Å². The Balaban J connectivity index is 2.03. The molecule has 0 saturated carbocycles. The van der Waals surface area contributed by atoms with Gasteiger partial charge in [-0.15, -0.1) is 0 Å². The van der Waals surface area contributed by atoms with E-state index < -0.39 is 0 Å². The third kappa shape index (κ3) is 2.38. The highest BCUT2D eigenvalue weighted by molar-refractivity contribution is 5.82. The van der Waals surface area contributed by atoms with Crippen molar-refractivity contribution in [3.05, 3.63) is 53.9 Å². The summed E-state index contributed by atoms with van der Waals surface area (Å²) in [5.41, 5.74) is 8.63. The second kappa shape index (κ2) is 5.13. The molecule has 0 radical (unpaired) electrons. The second-order valence-corrected chi connectivity index (χ2v) is 4.42. The summed E-state index contributed by atoms with van der Waals surface area (Å²) in [6.07, 6.45) is 2.46. The van der Waals surface area contributed by atoms with E-state index in [1.54, 1.807) is 19.4 Å². The fraction of sp³-hybridized carbons (Fsp3) is 0.133. The molecule has 2 N–H and O–H groups in total. The van der Waals surface area contributed by atoms with Crippen LogP contribution < -0.4 is 10.5 Å². The third-order valence-corrected chi connectivity index (χ3v) is 3.09. The summed E-state index contributed by atoms with van der Waals surface area (Å²) in [7, 11) is 1.56. The number of fused-ring (bicyclic) bond motifs is 1. The number of nitrogens with two attached hydrogens (primary N) is 1. The predicted octanol–water partition coefficient (Wildman–Crippen LogP) is 2.21. The van der Waals surface area contributed by atoms with Gasteiger partial charge in [-0.1, -0.05) is 18.2 Å². The molecule has 0 bridgehead atoms. The van der Waals surface area contributed by atoms with Crippen LogP contribution >= 0.6 is 0 Å². The molecule has 3 aromatic rings. The molecule has 2 aromatic heterocycles. The zero-order valence-corrected chi connectivity index (χ0v) is 11.1. The highest BCUT2D eigenvalue weighted by atomic mass is 16.5. The maximum atomic E-state index is 5.69. The highest BCUT2D eigenvalue weighted by Crippen LogP contribution is 2.20. The van der Waals surface area contributed by atoms with Crippen molar-refractivity contribution in [2.24, 2.45) is 0 Å². The number of anilines is 1. The average Bonchev–Trinajstić information content (AvgIpc) is 2.47. The largest absolute Gasteiger partial charge is 0.481 e. The van der Waals surface area contributed by atoms with Gasteiger partial charge >= 0.3 is 0 Å². The number of para-hydroxylation sites is 1. The molecule has 100 valence electrons. The minimum absolute atomic E-state index is 0.220. The minimum Gasteiger partial charge on any atom is -0.481 e. The zero-order chi connectivity index (χ0) is 13.9. The first-order chi connectivity index (χ1) is 9.76. The Morgan fingerprint density at radius 3 is 2.85 bits per heavy atom. The van der Waals surface area contributed by atoms with Crippen LogP contribution in [0.2, 0.25) is 0 Å². The van der Waals surface area contributed by atoms with Crippen molar-refractivity contribution in [3.8, 4) is 5.88 Å². The van der Waals surface area contributed by atoms with Crippen LogP contribution in [0.15, 0.2) is 42.6 Å². The van der Waals surface area contributed by atoms with E-state index in [0.29, 0.717) is 12.3 Å². The summed E-state index contributed by atoms with van der Waals surface area (Å²) in [6, 6.07) is 11.8. The number of ether oxygens (including phenoxy) is 1. The fourth-order valence-corrected chi connectivity index (χ4v) is 2.19. The van der Waals surface area contributed by atoms with Gasteiger partial charge in [0.25, 0.3) is 0 Å². The summed E-state index contributed by atoms with van der Waals surface area (Å²) in [6.45, 7) is 0. The summed E-state index contributed by atoms with van der Waals surface area (Å²) in [4.78, 5) is 12.6. The van der Waals surface area contributed by atoms with Crippen molar-refractivity contribution in [1.29, 1.82) is 0 Å². The number of benzene rings is 1. The standard InChI is InChI=1S/C15H14N4O/c1-20-14-9-11(18-15(16)19-14)8-10-6-7-17-13-5-3-2-4-12(10)13/h2-7,9H,8H2,1H3,(H2,16,18,19). The molecule has 0 amide bonds. The van der Waals surface area contributed by atoms with Crippen LogP contribution in [0.3, 0.4) is 0 Å². The lowest BCUT2D eigenvalue weighted by atomic mass is 10.0. The van der Waals surface area contributed by atoms with Crippen molar-refractivity contribution in [1.82, 2.24) is 15.0 Å². The van der Waals surface area contributed by atoms with E-state index in [0.717, 1.165) is 22.2 Å². The summed E-state index contributed by atoms with van der Waals surface area (Å²) in [5, 5.41) is 1.12. The number of nitrogens with zero attached hydrogens (tertiary/aromatic N) is 3. The molecule has 0 aliphatic heterocycles. The van der Waals surface area contributed by atoms with Gasteiger partial charge in [-0.05, 0) is 17.7 Å². The molecule has 2 heterocycles. The molecule has 20 heavy (non-hydrogen) atoms. The Morgan fingerprint density at radius 1 is 1.15 bits per heavy atom. The zero-order valence-electron chi connectivity index (χ0n) is 11.1. The van der Waals surface area contributed by atoms with Crippen LogP contribution in [-0.4, -0.2) is 22.1 Å². The first kappa shape index (κ1) is 12.3. The lowest BCUT2D eigenvalue weighted by Gasteiger charge is -2.07. The van der Waals surface area contributed by atoms with E-state index in [2.05, 4.69) is 21.0 Å². The molecular formula is C15H14N4O. The van der Waals surface area contributed by atoms with Crippen LogP contribution in [0.25, 0.3) is 10.9 Å². The maximum absolute atomic E-state index is 5.69. The normalized spacial score (nSPS) is 10.7. The average molecular weight is 266 g/mol. The van der Waals surface area contributed by atoms with Gasteiger partial charge in [-0.2, -0.15) is 4.98 Å². The molecule has 0 aliphatic rings. The van der Waals surface area contributed by atoms with E-state index in [-0.39, 0.29) is 5.95 Å². The third-order valence-electron chi connectivity index (χ3n) is 3.09. The van der Waals surface area contributed by atoms with E-state index in [1.165, 1.54) is 0 Å². The van der Waals surface area contributed by atoms with Crippen molar-refractivity contribution in [3.63, 3.8) is 0 Å². The number of hydrogen-bond donors (Lipinski definition) is 1. The molecule has 0 aliphatic carbocycles. The fourth-order valence-electron chi connectivity index (χ4n) is 2.19. The second-order valence-electron chi connectivity index (χ2n) is 4.42. The molecule has 5 nitrogen and oxygen atoms in total. The summed E-state index contributed by atoms with van der Waals surface area (Å²) >= 11 is 0. The van der Waals surface area contributed by atoms with Gasteiger partial charge in [0.2, 0.25) is 11.8 Å². The minimum atomic E-state index is 0.220. The number of aromatic nitrogens is 3. The number of nitrogen functional groups attached to an aromatic ring is 1. The maximum Gasteiger partial charge on any atom is 0.223 e. The first-order valence-corrected chi connectivity index (χ1v) is 6.26. The van der Waals surface area contributed by atoms with Crippen molar-refractivity contribution in [2.45, 2.75) is 6.42 Å². The van der Waals surface area contributed by atoms with E-state index in [4.69, 9.17) is 10.5 Å². The molecular weight excluding hydrogens is 252 g/mol. The first-order valence-electron chi connectivity index (χ1n) is 6.26. The van der Waals surface area contributed by atoms with Crippen LogP contribution in [0.4, 0.5) is 5.95 Å². The van der Waals surface area contributed by atoms with Crippen molar-refractivity contribution >= 4 is 16.9 Å². The van der Waals surface area contributed by atoms with Gasteiger partial charge in [0.05, 0.1) is 18.3 Å². The van der Waals surface area contributed by atoms with Crippen LogP contribution in [0.5, 0.6) is 5.88 Å². The topological polar surface area (TPSA) is 73.9 Å². The van der Waals surface area contributed by atoms with Crippen molar-refractivity contribution in [2.75, 3.05) is 12.8 Å². The lowest BCUT2D eigenvalue weighted by Crippen LogP contribution is -2.02. The molecule has 0 fully saturated rings. The lowest BCUT2D eigenvalue weighted by molar-refractivity contribution is 0.397. The molecule has 0 spiro atoms. The Kier molecular flexibility index (Phi) is 3.16. The van der Waals surface area contributed by atoms with Gasteiger partial charge in [0.15, 0.2) is 0 Å². The number of rotatable bonds is 3. The predicted molar refractivity (Wildman–Crippen MR) is 77.5 cm³/mol. The van der Waals surface area contributed by atoms with Gasteiger partial charge in [0, 0.05) is 24.1 Å². The van der Waals surface area contributed by atoms with Gasteiger partial charge < -0.3 is 10.5 Å². The number of hydrogen-bond acceptors (Lipinski definition) is 5. The monoisotopic (exact) mass is 266 g/mol. The Morgan fingerprint density at radius 2 is 2.00 bits per heavy atom. The van der Waals surface area contributed by atoms with Gasteiger partial charge in [-0.25, -0.2) is 4.98 Å². The van der Waals surface area contributed by atoms with E-state index in [9.17, 15) is 0 Å². The summed E-state index contributed by atoms with van der Waals surface area (Å²) in [5.74, 6) is 0.698. The van der Waals surface area contributed by atoms with Crippen molar-refractivity contribution < 1.29 is 4.74 Å². The van der Waals surface area contributed by atoms with E-state index >= 15 is 0 Å². The Hall–Kier alpha value is -2.69. The molecule has 0 atom stereocenters. The molecule has 0 unspecified atom stereocenters. The molecule has 3 rings (SSSR count). The number of methoxy groups -OCH3 is 1. The summed E-state index contributed by atoms with van der Waals surface area (Å²) < 4.78 is 5.12. The SMILES string of the molecule is COc1cc(Cc2ccnc3ccccc23)nc(N)n1. The van der Waals surface area contributed by atoms with Gasteiger partial charge in [0.1, 0.15) is 0 Å². The Bertz CT molecular complexity index is 752. The molecule has 0 saturated heterocycles. The van der Waals surface area contributed by atoms with Crippen LogP contribution in [0, 0.1) is 0 Å².